The van der Waals surface area contributed by atoms with Gasteiger partial charge >= 0.3 is 5.97 Å². The van der Waals surface area contributed by atoms with E-state index in [4.69, 9.17) is 4.74 Å². The first kappa shape index (κ1) is 27.2. The molecule has 2 heterocycles. The fraction of sp³-hybridized carbons (Fsp3) is 0.185. The normalized spacial score (nSPS) is 16.9. The molecule has 0 N–H and O–H groups in total. The lowest BCUT2D eigenvalue weighted by molar-refractivity contribution is -0.139. The highest BCUT2D eigenvalue weighted by molar-refractivity contribution is 9.15. The van der Waals surface area contributed by atoms with Crippen LogP contribution in [0.5, 0.6) is 5.75 Å². The van der Waals surface area contributed by atoms with E-state index in [0.29, 0.717) is 29.1 Å². The molecule has 3 aromatic carbocycles. The average molecular weight is 770 g/mol. The van der Waals surface area contributed by atoms with Gasteiger partial charge in [-0.15, -0.1) is 0 Å². The molecule has 2 aliphatic rings. The lowest BCUT2D eigenvalue weighted by Gasteiger charge is -2.18. The molecule has 0 aliphatic carbocycles. The Hall–Kier alpha value is -2.34. The standard InChI is InChI=1S/C27H18Br4N2O5/c1-12-3-5-15(6-4-12)32-11-14(10-18(32)34)27(37)38-16-7-8-17(13(2)9-16)33-25(35)19-20(26(33)36)22(29)24(31)23(30)21(19)28/h3-9,14H,10-11H2,1-2H3/t14-/m0/s1. The Bertz CT molecular complexity index is 1510. The molecule has 0 bridgehead atoms. The topological polar surface area (TPSA) is 84.0 Å². The van der Waals surface area contributed by atoms with Gasteiger partial charge in [-0.3, -0.25) is 19.2 Å². The SMILES string of the molecule is Cc1ccc(N2C[C@@H](C(=O)Oc3ccc(N4C(=O)c5c(Br)c(Br)c(Br)c(Br)c5C4=O)c(C)c3)CC2=O)cc1. The summed E-state index contributed by atoms with van der Waals surface area (Å²) in [5, 5.41) is 0. The second kappa shape index (κ2) is 10.3. The number of rotatable bonds is 4. The van der Waals surface area contributed by atoms with Crippen molar-refractivity contribution in [3.63, 3.8) is 0 Å². The van der Waals surface area contributed by atoms with Crippen molar-refractivity contribution in [1.29, 1.82) is 0 Å². The highest BCUT2D eigenvalue weighted by Crippen LogP contribution is 2.46. The summed E-state index contributed by atoms with van der Waals surface area (Å²) in [7, 11) is 0. The maximum Gasteiger partial charge on any atom is 0.316 e. The molecule has 2 aliphatic heterocycles. The number of nitrogens with zero attached hydrogens (tertiary/aromatic N) is 2. The number of fused-ring (bicyclic) bond motifs is 1. The van der Waals surface area contributed by atoms with Gasteiger partial charge < -0.3 is 9.64 Å². The summed E-state index contributed by atoms with van der Waals surface area (Å²) in [5.41, 5.74) is 3.26. The van der Waals surface area contributed by atoms with Gasteiger partial charge in [0.2, 0.25) is 5.91 Å². The van der Waals surface area contributed by atoms with E-state index < -0.39 is 23.7 Å². The zero-order chi connectivity index (χ0) is 27.5. The number of amides is 3. The molecule has 0 radical (unpaired) electrons. The number of esters is 1. The first-order valence-electron chi connectivity index (χ1n) is 11.4. The van der Waals surface area contributed by atoms with Crippen molar-refractivity contribution in [3.05, 3.63) is 82.6 Å². The quantitative estimate of drug-likeness (QED) is 0.0930. The van der Waals surface area contributed by atoms with Gasteiger partial charge in [0.05, 0.1) is 22.7 Å². The Kier molecular flexibility index (Phi) is 7.40. The Morgan fingerprint density at radius 2 is 1.42 bits per heavy atom. The number of carbonyl (C=O) groups excluding carboxylic acids is 4. The zero-order valence-electron chi connectivity index (χ0n) is 20.0. The van der Waals surface area contributed by atoms with Gasteiger partial charge in [0.25, 0.3) is 11.8 Å². The van der Waals surface area contributed by atoms with Crippen LogP contribution >= 0.6 is 63.7 Å². The summed E-state index contributed by atoms with van der Waals surface area (Å²) in [4.78, 5) is 54.8. The molecule has 1 atom stereocenters. The molecule has 5 rings (SSSR count). The minimum Gasteiger partial charge on any atom is -0.426 e. The van der Waals surface area contributed by atoms with Gasteiger partial charge in [-0.25, -0.2) is 4.90 Å². The number of imide groups is 1. The molecule has 11 heteroatoms. The highest BCUT2D eigenvalue weighted by atomic mass is 79.9. The number of carbonyl (C=O) groups is 4. The molecule has 0 aromatic heterocycles. The van der Waals surface area contributed by atoms with Gasteiger partial charge in [0, 0.05) is 36.5 Å². The first-order valence-corrected chi connectivity index (χ1v) is 14.6. The summed E-state index contributed by atoms with van der Waals surface area (Å²) >= 11 is 13.7. The Balaban J connectivity index is 1.35. The molecule has 7 nitrogen and oxygen atoms in total. The molecular weight excluding hydrogens is 752 g/mol. The van der Waals surface area contributed by atoms with E-state index in [1.54, 1.807) is 24.0 Å². The van der Waals surface area contributed by atoms with Crippen LogP contribution in [0.4, 0.5) is 11.4 Å². The molecule has 1 saturated heterocycles. The van der Waals surface area contributed by atoms with Crippen LogP contribution in [-0.2, 0) is 9.59 Å². The molecule has 38 heavy (non-hydrogen) atoms. The van der Waals surface area contributed by atoms with Crippen molar-refractivity contribution in [2.24, 2.45) is 5.92 Å². The van der Waals surface area contributed by atoms with E-state index in [0.717, 1.165) is 16.2 Å². The number of aryl methyl sites for hydroxylation is 2. The van der Waals surface area contributed by atoms with Crippen LogP contribution in [0.15, 0.2) is 60.4 Å². The predicted molar refractivity (Wildman–Crippen MR) is 157 cm³/mol. The minimum absolute atomic E-state index is 0.0632. The maximum absolute atomic E-state index is 13.3. The average Bonchev–Trinajstić information content (AvgIpc) is 3.39. The number of halogens is 4. The number of hydrogen-bond donors (Lipinski definition) is 0. The van der Waals surface area contributed by atoms with Crippen LogP contribution < -0.4 is 14.5 Å². The van der Waals surface area contributed by atoms with Gasteiger partial charge in [0.15, 0.2) is 0 Å². The summed E-state index contributed by atoms with van der Waals surface area (Å²) in [6, 6.07) is 12.3. The zero-order valence-corrected chi connectivity index (χ0v) is 26.3. The molecule has 3 amide bonds. The summed E-state index contributed by atoms with van der Waals surface area (Å²) in [6.45, 7) is 3.93. The van der Waals surface area contributed by atoms with Gasteiger partial charge in [-0.1, -0.05) is 17.7 Å². The summed E-state index contributed by atoms with van der Waals surface area (Å²) in [5.74, 6) is -1.93. The predicted octanol–water partition coefficient (Wildman–Crippen LogP) is 7.11. The second-order valence-corrected chi connectivity index (χ2v) is 12.2. The van der Waals surface area contributed by atoms with E-state index >= 15 is 0 Å². The number of anilines is 2. The van der Waals surface area contributed by atoms with Crippen molar-refractivity contribution in [3.8, 4) is 5.75 Å². The van der Waals surface area contributed by atoms with Crippen molar-refractivity contribution in [2.45, 2.75) is 20.3 Å². The highest BCUT2D eigenvalue weighted by Gasteiger charge is 2.42. The first-order chi connectivity index (χ1) is 18.0. The van der Waals surface area contributed by atoms with Crippen LogP contribution in [-0.4, -0.2) is 30.2 Å². The van der Waals surface area contributed by atoms with E-state index in [-0.39, 0.29) is 35.7 Å². The molecule has 0 unspecified atom stereocenters. The van der Waals surface area contributed by atoms with Crippen molar-refractivity contribution < 1.29 is 23.9 Å². The Labute approximate surface area is 252 Å². The molecule has 194 valence electrons. The van der Waals surface area contributed by atoms with Gasteiger partial charge in [-0.2, -0.15) is 0 Å². The van der Waals surface area contributed by atoms with E-state index in [9.17, 15) is 19.2 Å². The van der Waals surface area contributed by atoms with Crippen LogP contribution in [0.25, 0.3) is 0 Å². The number of benzene rings is 3. The monoisotopic (exact) mass is 766 g/mol. The third-order valence-electron chi connectivity index (χ3n) is 6.53. The molecule has 0 saturated carbocycles. The summed E-state index contributed by atoms with van der Waals surface area (Å²) in [6.07, 6.45) is 0.0632. The molecule has 1 fully saturated rings. The van der Waals surface area contributed by atoms with E-state index in [1.165, 1.54) is 6.07 Å². The largest absolute Gasteiger partial charge is 0.426 e. The Morgan fingerprint density at radius 3 is 1.97 bits per heavy atom. The second-order valence-electron chi connectivity index (χ2n) is 9.06. The van der Waals surface area contributed by atoms with Crippen LogP contribution in [0.2, 0.25) is 0 Å². The van der Waals surface area contributed by atoms with Crippen molar-refractivity contribution in [1.82, 2.24) is 0 Å². The van der Waals surface area contributed by atoms with Gasteiger partial charge in [0.1, 0.15) is 5.75 Å². The van der Waals surface area contributed by atoms with Crippen LogP contribution in [0.1, 0.15) is 38.3 Å². The van der Waals surface area contributed by atoms with E-state index in [2.05, 4.69) is 63.7 Å². The third kappa shape index (κ3) is 4.57. The molecule has 3 aromatic rings. The minimum atomic E-state index is -0.605. The lowest BCUT2D eigenvalue weighted by atomic mass is 10.1. The smallest absolute Gasteiger partial charge is 0.316 e. The number of hydrogen-bond acceptors (Lipinski definition) is 5. The molecule has 0 spiro atoms. The van der Waals surface area contributed by atoms with Gasteiger partial charge in [-0.05, 0) is 113 Å². The fourth-order valence-corrected chi connectivity index (χ4v) is 7.01. The van der Waals surface area contributed by atoms with Crippen molar-refractivity contribution >= 4 is 98.8 Å². The van der Waals surface area contributed by atoms with Crippen LogP contribution in [0.3, 0.4) is 0 Å². The third-order valence-corrected chi connectivity index (χ3v) is 11.3. The van der Waals surface area contributed by atoms with E-state index in [1.807, 2.05) is 31.2 Å². The number of ether oxygens (including phenoxy) is 1. The summed E-state index contributed by atoms with van der Waals surface area (Å²) < 4.78 is 7.76. The lowest BCUT2D eigenvalue weighted by Crippen LogP contribution is -2.30. The maximum atomic E-state index is 13.3. The molecular formula is C27H18Br4N2O5. The van der Waals surface area contributed by atoms with Crippen molar-refractivity contribution in [2.75, 3.05) is 16.3 Å². The van der Waals surface area contributed by atoms with Crippen LogP contribution in [0, 0.1) is 19.8 Å². The fourth-order valence-electron chi connectivity index (χ4n) is 4.55. The Morgan fingerprint density at radius 1 is 0.842 bits per heavy atom.